The predicted molar refractivity (Wildman–Crippen MR) is 138 cm³/mol. The summed E-state index contributed by atoms with van der Waals surface area (Å²) in [6.45, 7) is 9.28. The molecule has 1 fully saturated rings. The molecule has 35 heavy (non-hydrogen) atoms. The number of hydrogen-bond acceptors (Lipinski definition) is 5. The summed E-state index contributed by atoms with van der Waals surface area (Å²) in [7, 11) is 0. The Labute approximate surface area is 207 Å². The Morgan fingerprint density at radius 2 is 2.11 bits per heavy atom. The first-order valence-electron chi connectivity index (χ1n) is 12.3. The topological polar surface area (TPSA) is 71.6 Å². The van der Waals surface area contributed by atoms with Crippen molar-refractivity contribution in [1.82, 2.24) is 10.1 Å². The molecule has 0 bridgehead atoms. The third-order valence-electron chi connectivity index (χ3n) is 5.86. The molecule has 2 aromatic rings. The first-order valence-corrected chi connectivity index (χ1v) is 12.3. The maximum absolute atomic E-state index is 13.2. The van der Waals surface area contributed by atoms with Gasteiger partial charge in [-0.15, -0.1) is 0 Å². The summed E-state index contributed by atoms with van der Waals surface area (Å²) in [4.78, 5) is 22.9. The van der Waals surface area contributed by atoms with Crippen molar-refractivity contribution >= 4 is 18.3 Å². The van der Waals surface area contributed by atoms with E-state index in [1.165, 1.54) is 0 Å². The quantitative estimate of drug-likeness (QED) is 0.163. The van der Waals surface area contributed by atoms with Gasteiger partial charge in [0, 0.05) is 43.6 Å². The molecule has 1 amide bonds. The van der Waals surface area contributed by atoms with Crippen LogP contribution >= 0.6 is 0 Å². The summed E-state index contributed by atoms with van der Waals surface area (Å²) in [6, 6.07) is 7.94. The Morgan fingerprint density at radius 1 is 1.29 bits per heavy atom. The standard InChI is InChI=1S/C28H35FN4O2/c1-21(20-30-3)9-7-10-23-11-8-12-25(19-23)33(27(34)17-14-22(2)29)18-6-4-5-13-26-31-28(32-35-26)24-15-16-24/h7-9,11-12,19-20,24H,2-6,10,13-18H2,1H3/b9-7-,21-20-. The lowest BCUT2D eigenvalue weighted by molar-refractivity contribution is -0.118. The fourth-order valence-electron chi connectivity index (χ4n) is 3.79. The number of hydrogen-bond donors (Lipinski definition) is 0. The molecule has 1 aliphatic carbocycles. The van der Waals surface area contributed by atoms with Gasteiger partial charge in [-0.3, -0.25) is 9.79 Å². The van der Waals surface area contributed by atoms with Crippen LogP contribution in [0.5, 0.6) is 0 Å². The molecule has 1 heterocycles. The monoisotopic (exact) mass is 478 g/mol. The molecule has 0 saturated heterocycles. The fraction of sp³-hybridized carbons (Fsp3) is 0.429. The molecule has 7 heteroatoms. The Kier molecular flexibility index (Phi) is 10.1. The minimum atomic E-state index is -0.472. The first-order chi connectivity index (χ1) is 17.0. The number of allylic oxidation sites excluding steroid dienone is 4. The molecule has 1 aromatic carbocycles. The van der Waals surface area contributed by atoms with E-state index in [0.29, 0.717) is 18.4 Å². The van der Waals surface area contributed by atoms with Crippen molar-refractivity contribution in [3.63, 3.8) is 0 Å². The third-order valence-corrected chi connectivity index (χ3v) is 5.86. The number of rotatable bonds is 15. The lowest BCUT2D eigenvalue weighted by atomic mass is 10.1. The van der Waals surface area contributed by atoms with Gasteiger partial charge in [0.15, 0.2) is 5.82 Å². The van der Waals surface area contributed by atoms with Crippen molar-refractivity contribution in [1.29, 1.82) is 0 Å². The molecule has 0 atom stereocenters. The highest BCUT2D eigenvalue weighted by Crippen LogP contribution is 2.38. The lowest BCUT2D eigenvalue weighted by Crippen LogP contribution is -2.31. The van der Waals surface area contributed by atoms with Gasteiger partial charge in [-0.1, -0.05) is 42.4 Å². The highest BCUT2D eigenvalue weighted by atomic mass is 19.1. The highest BCUT2D eigenvalue weighted by Gasteiger charge is 2.28. The number of carbonyl (C=O) groups excluding carboxylic acids is 1. The van der Waals surface area contributed by atoms with Crippen LogP contribution in [0.25, 0.3) is 0 Å². The van der Waals surface area contributed by atoms with Crippen molar-refractivity contribution in [3.05, 3.63) is 77.9 Å². The maximum Gasteiger partial charge on any atom is 0.227 e. The molecule has 0 aliphatic heterocycles. The van der Waals surface area contributed by atoms with E-state index >= 15 is 0 Å². The van der Waals surface area contributed by atoms with E-state index in [-0.39, 0.29) is 18.7 Å². The Bertz CT molecular complexity index is 1070. The van der Waals surface area contributed by atoms with Crippen LogP contribution in [-0.2, 0) is 17.6 Å². The molecule has 0 unspecified atom stereocenters. The van der Waals surface area contributed by atoms with Gasteiger partial charge in [-0.2, -0.15) is 4.98 Å². The Morgan fingerprint density at radius 3 is 2.86 bits per heavy atom. The number of benzene rings is 1. The second-order valence-electron chi connectivity index (χ2n) is 9.03. The number of aliphatic imine (C=N–C) groups is 1. The average molecular weight is 479 g/mol. The van der Waals surface area contributed by atoms with Crippen molar-refractivity contribution in [2.75, 3.05) is 11.4 Å². The molecule has 186 valence electrons. The molecule has 1 aromatic heterocycles. The van der Waals surface area contributed by atoms with Gasteiger partial charge in [0.05, 0.1) is 5.83 Å². The number of nitrogens with zero attached hydrogens (tertiary/aromatic N) is 4. The van der Waals surface area contributed by atoms with E-state index < -0.39 is 5.83 Å². The molecule has 0 N–H and O–H groups in total. The van der Waals surface area contributed by atoms with Crippen molar-refractivity contribution < 1.29 is 13.7 Å². The largest absolute Gasteiger partial charge is 0.339 e. The van der Waals surface area contributed by atoms with Crippen molar-refractivity contribution in [3.8, 4) is 0 Å². The normalized spacial score (nSPS) is 13.8. The van der Waals surface area contributed by atoms with Crippen LogP contribution in [0, 0.1) is 0 Å². The summed E-state index contributed by atoms with van der Waals surface area (Å²) in [6.07, 6.45) is 12.3. The lowest BCUT2D eigenvalue weighted by Gasteiger charge is -2.23. The van der Waals surface area contributed by atoms with Crippen LogP contribution in [0.2, 0.25) is 0 Å². The minimum Gasteiger partial charge on any atom is -0.339 e. The zero-order chi connectivity index (χ0) is 25.0. The first kappa shape index (κ1) is 26.3. The molecule has 6 nitrogen and oxygen atoms in total. The van der Waals surface area contributed by atoms with E-state index in [0.717, 1.165) is 67.6 Å². The summed E-state index contributed by atoms with van der Waals surface area (Å²) in [5, 5.41) is 4.06. The van der Waals surface area contributed by atoms with Gasteiger partial charge in [0.25, 0.3) is 0 Å². The van der Waals surface area contributed by atoms with Crippen LogP contribution in [0.3, 0.4) is 0 Å². The number of amides is 1. The molecule has 0 spiro atoms. The van der Waals surface area contributed by atoms with Gasteiger partial charge < -0.3 is 9.42 Å². The van der Waals surface area contributed by atoms with Gasteiger partial charge in [-0.25, -0.2) is 4.39 Å². The number of aryl methyl sites for hydroxylation is 1. The number of unbranched alkanes of at least 4 members (excludes halogenated alkanes) is 2. The van der Waals surface area contributed by atoms with E-state index in [2.05, 4.69) is 34.5 Å². The van der Waals surface area contributed by atoms with Crippen LogP contribution < -0.4 is 4.90 Å². The number of halogens is 1. The van der Waals surface area contributed by atoms with Crippen molar-refractivity contribution in [2.45, 2.75) is 70.6 Å². The van der Waals surface area contributed by atoms with Crippen LogP contribution in [0.15, 0.2) is 70.1 Å². The van der Waals surface area contributed by atoms with E-state index in [1.54, 1.807) is 11.1 Å². The van der Waals surface area contributed by atoms with Gasteiger partial charge in [0.2, 0.25) is 11.8 Å². The average Bonchev–Trinajstić information content (AvgIpc) is 3.58. The zero-order valence-corrected chi connectivity index (χ0v) is 20.6. The van der Waals surface area contributed by atoms with E-state index in [1.807, 2.05) is 37.3 Å². The fourth-order valence-corrected chi connectivity index (χ4v) is 3.79. The molecular formula is C28H35FN4O2. The van der Waals surface area contributed by atoms with Crippen molar-refractivity contribution in [2.24, 2.45) is 4.99 Å². The van der Waals surface area contributed by atoms with Crippen LogP contribution in [0.4, 0.5) is 10.1 Å². The van der Waals surface area contributed by atoms with Gasteiger partial charge in [-0.05, 0) is 69.0 Å². The molecule has 1 aliphatic rings. The summed E-state index contributed by atoms with van der Waals surface area (Å²) in [5.74, 6) is 1.45. The number of aromatic nitrogens is 2. The van der Waals surface area contributed by atoms with Gasteiger partial charge in [0.1, 0.15) is 0 Å². The second-order valence-corrected chi connectivity index (χ2v) is 9.03. The van der Waals surface area contributed by atoms with E-state index in [4.69, 9.17) is 4.52 Å². The molecule has 3 rings (SSSR count). The van der Waals surface area contributed by atoms with Crippen LogP contribution in [0.1, 0.15) is 75.1 Å². The Balaban J connectivity index is 1.56. The van der Waals surface area contributed by atoms with Crippen LogP contribution in [-0.4, -0.2) is 29.3 Å². The zero-order valence-electron chi connectivity index (χ0n) is 20.6. The minimum absolute atomic E-state index is 0.0429. The molecular weight excluding hydrogens is 443 g/mol. The maximum atomic E-state index is 13.2. The summed E-state index contributed by atoms with van der Waals surface area (Å²) < 4.78 is 18.6. The summed E-state index contributed by atoms with van der Waals surface area (Å²) in [5.41, 5.74) is 2.94. The molecule has 0 radical (unpaired) electrons. The number of anilines is 1. The molecule has 1 saturated carbocycles. The highest BCUT2D eigenvalue weighted by molar-refractivity contribution is 5.93. The smallest absolute Gasteiger partial charge is 0.227 e. The third kappa shape index (κ3) is 9.08. The van der Waals surface area contributed by atoms with E-state index in [9.17, 15) is 9.18 Å². The second kappa shape index (κ2) is 13.5. The summed E-state index contributed by atoms with van der Waals surface area (Å²) >= 11 is 0. The van der Waals surface area contributed by atoms with Gasteiger partial charge >= 0.3 is 0 Å². The predicted octanol–water partition coefficient (Wildman–Crippen LogP) is 6.66. The Hall–Kier alpha value is -3.35. The SMILES string of the molecule is C=N/C=C(C)\C=C/Cc1cccc(N(CCCCCc2nc(C3CC3)no2)C(=O)CCC(=C)F)c1. The number of carbonyl (C=O) groups is 1.